The second-order valence-electron chi connectivity index (χ2n) is 8.59. The zero-order chi connectivity index (χ0) is 17.8. The molecule has 25 heavy (non-hydrogen) atoms. The number of rotatable bonds is 2. The molecule has 2 saturated carbocycles. The molecule has 4 rings (SSSR count). The van der Waals surface area contributed by atoms with Gasteiger partial charge in [0.05, 0.1) is 7.11 Å². The number of aryl methyl sites for hydroxylation is 1. The lowest BCUT2D eigenvalue weighted by Crippen LogP contribution is -2.42. The van der Waals surface area contributed by atoms with Gasteiger partial charge in [-0.1, -0.05) is 13.0 Å². The Morgan fingerprint density at radius 3 is 2.80 bits per heavy atom. The molecule has 4 atom stereocenters. The molecule has 0 N–H and O–H groups in total. The lowest BCUT2D eigenvalue weighted by atomic mass is 9.55. The number of methoxy groups -OCH3 is 1. The first kappa shape index (κ1) is 16.7. The summed E-state index contributed by atoms with van der Waals surface area (Å²) < 4.78 is 5.41. The highest BCUT2D eigenvalue weighted by molar-refractivity contribution is 6.02. The van der Waals surface area contributed by atoms with Crippen molar-refractivity contribution in [1.29, 1.82) is 0 Å². The Balaban J connectivity index is 1.68. The van der Waals surface area contributed by atoms with Crippen LogP contribution >= 0.6 is 0 Å². The average Bonchev–Trinajstić information content (AvgIpc) is 2.85. The van der Waals surface area contributed by atoms with Gasteiger partial charge >= 0.3 is 0 Å². The van der Waals surface area contributed by atoms with Crippen molar-refractivity contribution in [2.24, 2.45) is 17.3 Å². The first-order valence-corrected chi connectivity index (χ1v) is 9.53. The molecule has 3 aliphatic rings. The Morgan fingerprint density at radius 1 is 1.28 bits per heavy atom. The number of carbonyl (C=O) groups is 1. The predicted octanol–water partition coefficient (Wildman–Crippen LogP) is 4.18. The molecule has 0 bridgehead atoms. The number of fused-ring (bicyclic) bond motifs is 5. The number of allylic oxidation sites excluding steroid dienone is 1. The van der Waals surface area contributed by atoms with E-state index < -0.39 is 0 Å². The summed E-state index contributed by atoms with van der Waals surface area (Å²) in [5, 5.41) is 0. The Labute approximate surface area is 151 Å². The van der Waals surface area contributed by atoms with Crippen molar-refractivity contribution in [3.63, 3.8) is 0 Å². The van der Waals surface area contributed by atoms with E-state index in [-0.39, 0.29) is 5.41 Å². The van der Waals surface area contributed by atoms with E-state index in [0.29, 0.717) is 23.5 Å². The zero-order valence-electron chi connectivity index (χ0n) is 15.8. The van der Waals surface area contributed by atoms with E-state index in [4.69, 9.17) is 4.74 Å². The Kier molecular flexibility index (Phi) is 3.93. The van der Waals surface area contributed by atoms with Crippen molar-refractivity contribution < 1.29 is 9.53 Å². The first-order valence-electron chi connectivity index (χ1n) is 9.53. The first-order chi connectivity index (χ1) is 11.9. The summed E-state index contributed by atoms with van der Waals surface area (Å²) in [7, 11) is 5.76. The number of ether oxygens (including phenoxy) is 1. The number of carbonyl (C=O) groups excluding carboxylic acids is 1. The second kappa shape index (κ2) is 5.89. The van der Waals surface area contributed by atoms with E-state index in [1.807, 2.05) is 19.0 Å². The molecule has 3 aliphatic carbocycles. The third-order valence-electron chi connectivity index (χ3n) is 6.99. The lowest BCUT2D eigenvalue weighted by molar-refractivity contribution is -0.127. The molecule has 3 nitrogen and oxygen atoms in total. The standard InChI is InChI=1S/C22H29NO2/c1-22-10-9-18-17-8-6-16(25-4)11-14(17)5-7-19(18)20(22)12-15(21(22)24)13-23(2)3/h6,8,11,13,18-20H,5,7,9-10,12H2,1-4H3/t18-,19-,20+,22+/m1/s1. The number of hydrogen-bond donors (Lipinski definition) is 0. The lowest BCUT2D eigenvalue weighted by Gasteiger charge is -2.48. The van der Waals surface area contributed by atoms with Gasteiger partial charge in [0.2, 0.25) is 0 Å². The van der Waals surface area contributed by atoms with Gasteiger partial charge in [0, 0.05) is 31.3 Å². The fourth-order valence-corrected chi connectivity index (χ4v) is 5.78. The number of hydrogen-bond acceptors (Lipinski definition) is 3. The molecule has 0 amide bonds. The van der Waals surface area contributed by atoms with E-state index in [9.17, 15) is 4.79 Å². The van der Waals surface area contributed by atoms with Crippen LogP contribution in [0.1, 0.15) is 49.7 Å². The van der Waals surface area contributed by atoms with Gasteiger partial charge < -0.3 is 9.64 Å². The van der Waals surface area contributed by atoms with E-state index in [0.717, 1.165) is 37.0 Å². The van der Waals surface area contributed by atoms with Gasteiger partial charge in [0.25, 0.3) is 0 Å². The Hall–Kier alpha value is -1.77. The van der Waals surface area contributed by atoms with Crippen LogP contribution in [0.3, 0.4) is 0 Å². The van der Waals surface area contributed by atoms with Crippen LogP contribution < -0.4 is 4.74 Å². The number of benzene rings is 1. The van der Waals surface area contributed by atoms with Gasteiger partial charge in [-0.2, -0.15) is 0 Å². The monoisotopic (exact) mass is 339 g/mol. The third kappa shape index (κ3) is 2.51. The van der Waals surface area contributed by atoms with Crippen LogP contribution in [0.4, 0.5) is 0 Å². The highest BCUT2D eigenvalue weighted by atomic mass is 16.5. The molecule has 0 saturated heterocycles. The minimum Gasteiger partial charge on any atom is -0.497 e. The van der Waals surface area contributed by atoms with E-state index in [1.165, 1.54) is 17.5 Å². The van der Waals surface area contributed by atoms with E-state index in [1.54, 1.807) is 7.11 Å². The van der Waals surface area contributed by atoms with E-state index in [2.05, 4.69) is 31.3 Å². The normalized spacial score (nSPS) is 35.1. The number of ketones is 1. The molecule has 2 fully saturated rings. The van der Waals surface area contributed by atoms with Crippen LogP contribution in [0.5, 0.6) is 5.75 Å². The van der Waals surface area contributed by atoms with Gasteiger partial charge in [0.15, 0.2) is 5.78 Å². The minimum absolute atomic E-state index is 0.146. The summed E-state index contributed by atoms with van der Waals surface area (Å²) in [6, 6.07) is 6.60. The summed E-state index contributed by atoms with van der Waals surface area (Å²) >= 11 is 0. The fraction of sp³-hybridized carbons (Fsp3) is 0.591. The van der Waals surface area contributed by atoms with E-state index >= 15 is 0 Å². The maximum atomic E-state index is 13.1. The number of Topliss-reactive ketones (excluding diaryl/α,β-unsaturated/α-hetero) is 1. The molecule has 0 heterocycles. The minimum atomic E-state index is -0.146. The molecule has 0 radical (unpaired) electrons. The summed E-state index contributed by atoms with van der Waals surface area (Å²) in [5.74, 6) is 3.12. The van der Waals surface area contributed by atoms with Gasteiger partial charge in [-0.15, -0.1) is 0 Å². The van der Waals surface area contributed by atoms with Gasteiger partial charge in [0.1, 0.15) is 5.75 Å². The summed E-state index contributed by atoms with van der Waals surface area (Å²) in [5.41, 5.74) is 3.86. The van der Waals surface area contributed by atoms with Crippen molar-refractivity contribution in [3.05, 3.63) is 41.1 Å². The maximum Gasteiger partial charge on any atom is 0.166 e. The highest BCUT2D eigenvalue weighted by Gasteiger charge is 2.56. The average molecular weight is 339 g/mol. The van der Waals surface area contributed by atoms with Crippen molar-refractivity contribution >= 4 is 5.78 Å². The molecule has 0 spiro atoms. The van der Waals surface area contributed by atoms with Crippen LogP contribution in [0, 0.1) is 17.3 Å². The summed E-state index contributed by atoms with van der Waals surface area (Å²) in [6.07, 6.45) is 7.49. The second-order valence-corrected chi connectivity index (χ2v) is 8.59. The zero-order valence-corrected chi connectivity index (χ0v) is 15.8. The molecular formula is C22H29NO2. The quantitative estimate of drug-likeness (QED) is 0.757. The highest BCUT2D eigenvalue weighted by Crippen LogP contribution is 2.60. The predicted molar refractivity (Wildman–Crippen MR) is 99.8 cm³/mol. The van der Waals surface area contributed by atoms with Crippen LogP contribution in [-0.2, 0) is 11.2 Å². The van der Waals surface area contributed by atoms with Crippen molar-refractivity contribution in [2.45, 2.75) is 44.9 Å². The molecule has 1 aromatic carbocycles. The molecule has 0 aromatic heterocycles. The van der Waals surface area contributed by atoms with Crippen LogP contribution in [-0.4, -0.2) is 31.9 Å². The Morgan fingerprint density at radius 2 is 2.08 bits per heavy atom. The smallest absolute Gasteiger partial charge is 0.166 e. The van der Waals surface area contributed by atoms with Gasteiger partial charge in [-0.05, 0) is 73.1 Å². The summed E-state index contributed by atoms with van der Waals surface area (Å²) in [4.78, 5) is 15.1. The van der Waals surface area contributed by atoms with Crippen LogP contribution in [0.25, 0.3) is 0 Å². The van der Waals surface area contributed by atoms with Crippen LogP contribution in [0.2, 0.25) is 0 Å². The molecule has 3 heteroatoms. The molecule has 1 aromatic rings. The SMILES string of the molecule is COc1ccc2c(c1)CC[C@@H]1[C@@H]2CC[C@]2(C)C(=O)C(=CN(C)C)C[C@@H]12. The Bertz CT molecular complexity index is 736. The molecular weight excluding hydrogens is 310 g/mol. The van der Waals surface area contributed by atoms with Gasteiger partial charge in [-0.3, -0.25) is 4.79 Å². The third-order valence-corrected chi connectivity index (χ3v) is 6.99. The molecule has 0 aliphatic heterocycles. The maximum absolute atomic E-state index is 13.1. The fourth-order valence-electron chi connectivity index (χ4n) is 5.78. The largest absolute Gasteiger partial charge is 0.497 e. The van der Waals surface area contributed by atoms with Crippen molar-refractivity contribution in [3.8, 4) is 5.75 Å². The topological polar surface area (TPSA) is 29.5 Å². The van der Waals surface area contributed by atoms with Gasteiger partial charge in [-0.25, -0.2) is 0 Å². The molecule has 0 unspecified atom stereocenters. The summed E-state index contributed by atoms with van der Waals surface area (Å²) in [6.45, 7) is 2.23. The molecule has 134 valence electrons. The number of nitrogens with zero attached hydrogens (tertiary/aromatic N) is 1. The van der Waals surface area contributed by atoms with Crippen LogP contribution in [0.15, 0.2) is 30.0 Å². The van der Waals surface area contributed by atoms with Crippen molar-refractivity contribution in [2.75, 3.05) is 21.2 Å². The van der Waals surface area contributed by atoms with Crippen molar-refractivity contribution in [1.82, 2.24) is 4.90 Å².